The van der Waals surface area contributed by atoms with Gasteiger partial charge in [-0.2, -0.15) is 0 Å². The summed E-state index contributed by atoms with van der Waals surface area (Å²) >= 11 is 0. The van der Waals surface area contributed by atoms with E-state index in [0.717, 1.165) is 30.4 Å². The molecule has 0 spiro atoms. The Hall–Kier alpha value is -6.14. The van der Waals surface area contributed by atoms with Crippen LogP contribution in [0.4, 0.5) is 0 Å². The first-order chi connectivity index (χ1) is 30.1. The van der Waals surface area contributed by atoms with Gasteiger partial charge in [-0.1, -0.05) is 94.3 Å². The van der Waals surface area contributed by atoms with Crippen molar-refractivity contribution in [2.45, 2.75) is 103 Å². The van der Waals surface area contributed by atoms with Crippen molar-refractivity contribution >= 4 is 35.1 Å². The summed E-state index contributed by atoms with van der Waals surface area (Å²) in [5, 5.41) is 34.4. The van der Waals surface area contributed by atoms with Gasteiger partial charge in [-0.15, -0.1) is 0 Å². The number of rotatable bonds is 18. The summed E-state index contributed by atoms with van der Waals surface area (Å²) in [4.78, 5) is 82.7. The predicted octanol–water partition coefficient (Wildman–Crippen LogP) is 8.00. The molecule has 1 aliphatic rings. The third-order valence-electron chi connectivity index (χ3n) is 12.0. The summed E-state index contributed by atoms with van der Waals surface area (Å²) in [6, 6.07) is 22.0. The molecule has 5 rings (SSSR count). The van der Waals surface area contributed by atoms with E-state index in [2.05, 4.69) is 36.5 Å². The fourth-order valence-corrected chi connectivity index (χ4v) is 8.36. The lowest BCUT2D eigenvalue weighted by Gasteiger charge is -2.32. The highest BCUT2D eigenvalue weighted by molar-refractivity contribution is 5.98. The number of nitrogens with two attached hydrogens (primary N) is 1. The van der Waals surface area contributed by atoms with Crippen molar-refractivity contribution in [3.63, 3.8) is 0 Å². The molecule has 4 aromatic rings. The quantitative estimate of drug-likeness (QED) is 0.0482. The number of fused-ring (bicyclic) bond motifs is 5. The predicted molar refractivity (Wildman–Crippen MR) is 242 cm³/mol. The third-order valence-corrected chi connectivity index (χ3v) is 12.0. The molecule has 1 heterocycles. The maximum atomic E-state index is 14.6. The van der Waals surface area contributed by atoms with Crippen molar-refractivity contribution in [1.82, 2.24) is 10.2 Å². The van der Waals surface area contributed by atoms with Gasteiger partial charge in [0.25, 0.3) is 0 Å². The Morgan fingerprint density at radius 2 is 1.44 bits per heavy atom. The van der Waals surface area contributed by atoms with Crippen LogP contribution in [0.15, 0.2) is 84.9 Å². The molecule has 4 aromatic carbocycles. The van der Waals surface area contributed by atoms with Gasteiger partial charge in [0.1, 0.15) is 29.4 Å². The molecule has 0 fully saturated rings. The second kappa shape index (κ2) is 22.3. The average molecular weight is 860 g/mol. The van der Waals surface area contributed by atoms with Crippen LogP contribution in [0.3, 0.4) is 0 Å². The summed E-state index contributed by atoms with van der Waals surface area (Å²) in [6.45, 7) is 5.89. The van der Waals surface area contributed by atoms with Gasteiger partial charge in [-0.3, -0.25) is 24.0 Å². The van der Waals surface area contributed by atoms with Crippen molar-refractivity contribution in [2.24, 2.45) is 23.5 Å². The highest BCUT2D eigenvalue weighted by atomic mass is 16.4. The molecule has 0 saturated heterocycles. The number of ketones is 3. The molecular formula is C51H61N3O9. The van der Waals surface area contributed by atoms with Gasteiger partial charge in [0.05, 0.1) is 0 Å². The Balaban J connectivity index is 1.34. The number of benzene rings is 4. The number of aromatic hydroxyl groups is 2. The van der Waals surface area contributed by atoms with Crippen LogP contribution in [0.25, 0.3) is 22.3 Å². The number of hydrogen-bond donors (Lipinski definition) is 5. The van der Waals surface area contributed by atoms with Crippen LogP contribution >= 0.6 is 0 Å². The number of carboxylic acid groups (broad SMARTS) is 1. The minimum atomic E-state index is -1.35. The standard InChI is InChI=1S/C51H61N3O9/c1-5-6-9-33-11-14-35(15-12-33)36-16-18-37(19-17-36)46(58)25-31(2)24-40(55)29-39(10-7-8-23-52)50(61)54(4)48-38-20-22-45(57)42(30-38)41-27-34(13-21-44(41)56)28-43(51(62)63)53-49(60)32(3)26-47(48)59/h11-22,27,30-32,39,43,48,56-57H,5-10,23-26,28-29,52H2,1-4H3,(H,53,60)(H,62,63)/t31-,32+,39+,43-,48-/m0/s1. The molecule has 1 aliphatic heterocycles. The summed E-state index contributed by atoms with van der Waals surface area (Å²) < 4.78 is 0. The van der Waals surface area contributed by atoms with Crippen LogP contribution in [-0.4, -0.2) is 75.0 Å². The highest BCUT2D eigenvalue weighted by Gasteiger charge is 2.36. The molecule has 334 valence electrons. The number of carboxylic acids is 1. The lowest BCUT2D eigenvalue weighted by atomic mass is 9.87. The largest absolute Gasteiger partial charge is 0.507 e. The summed E-state index contributed by atoms with van der Waals surface area (Å²) in [5.74, 6) is -5.83. The molecule has 12 heteroatoms. The van der Waals surface area contributed by atoms with Gasteiger partial charge in [0.2, 0.25) is 11.8 Å². The number of nitrogens with one attached hydrogen (secondary N) is 1. The zero-order valence-corrected chi connectivity index (χ0v) is 36.8. The van der Waals surface area contributed by atoms with E-state index in [1.54, 1.807) is 0 Å². The number of likely N-dealkylation sites (N-methyl/N-ethyl adjacent to an activating group) is 1. The van der Waals surface area contributed by atoms with Crippen molar-refractivity contribution in [2.75, 3.05) is 13.6 Å². The van der Waals surface area contributed by atoms with Crippen LogP contribution in [0.2, 0.25) is 0 Å². The van der Waals surface area contributed by atoms with Crippen molar-refractivity contribution < 1.29 is 44.1 Å². The maximum absolute atomic E-state index is 14.6. The molecular weight excluding hydrogens is 799 g/mol. The summed E-state index contributed by atoms with van der Waals surface area (Å²) in [6.07, 6.45) is 4.37. The van der Waals surface area contributed by atoms with E-state index in [-0.39, 0.29) is 72.2 Å². The number of phenols is 2. The van der Waals surface area contributed by atoms with Crippen molar-refractivity contribution in [1.29, 1.82) is 0 Å². The zero-order valence-electron chi connectivity index (χ0n) is 36.8. The highest BCUT2D eigenvalue weighted by Crippen LogP contribution is 2.40. The van der Waals surface area contributed by atoms with Crippen LogP contribution in [-0.2, 0) is 36.8 Å². The second-order valence-corrected chi connectivity index (χ2v) is 17.2. The Morgan fingerprint density at radius 3 is 2.08 bits per heavy atom. The lowest BCUT2D eigenvalue weighted by Crippen LogP contribution is -2.45. The van der Waals surface area contributed by atoms with E-state index >= 15 is 0 Å². The number of hydrogen-bond acceptors (Lipinski definition) is 9. The van der Waals surface area contributed by atoms with E-state index in [9.17, 15) is 44.1 Å². The number of carbonyl (C=O) groups is 6. The Bertz CT molecular complexity index is 2270. The SMILES string of the molecule is CCCCc1ccc(-c2ccc(C(=O)C[C@@H](C)CC(=O)C[C@@H](CCCCN)C(=O)N(C)[C@@H]3C(=O)C[C@@H](C)C(=O)N[C@H](C(=O)O)Cc4ccc(O)c(c4)-c4cc3ccc4O)cc2)cc1. The van der Waals surface area contributed by atoms with Crippen LogP contribution in [0, 0.1) is 17.8 Å². The molecule has 2 amide bonds. The van der Waals surface area contributed by atoms with E-state index in [0.29, 0.717) is 42.5 Å². The molecule has 0 saturated carbocycles. The number of amides is 2. The first-order valence-corrected chi connectivity index (χ1v) is 22.0. The van der Waals surface area contributed by atoms with Gasteiger partial charge in [0, 0.05) is 67.7 Å². The molecule has 4 bridgehead atoms. The van der Waals surface area contributed by atoms with Gasteiger partial charge in [-0.25, -0.2) is 4.79 Å². The van der Waals surface area contributed by atoms with Crippen molar-refractivity contribution in [3.05, 3.63) is 107 Å². The zero-order chi connectivity index (χ0) is 45.8. The number of nitrogens with zero attached hydrogens (tertiary/aromatic N) is 1. The number of Topliss-reactive ketones (excluding diaryl/α,β-unsaturated/α-hetero) is 3. The number of aliphatic carboxylic acids is 1. The minimum absolute atomic E-state index is 0.0643. The van der Waals surface area contributed by atoms with Gasteiger partial charge < -0.3 is 31.3 Å². The lowest BCUT2D eigenvalue weighted by molar-refractivity contribution is -0.144. The van der Waals surface area contributed by atoms with Crippen LogP contribution in [0.5, 0.6) is 11.5 Å². The Kier molecular flexibility index (Phi) is 16.9. The molecule has 63 heavy (non-hydrogen) atoms. The molecule has 0 aliphatic carbocycles. The smallest absolute Gasteiger partial charge is 0.326 e. The monoisotopic (exact) mass is 859 g/mol. The molecule has 0 unspecified atom stereocenters. The molecule has 12 nitrogen and oxygen atoms in total. The van der Waals surface area contributed by atoms with Gasteiger partial charge in [0.15, 0.2) is 11.6 Å². The maximum Gasteiger partial charge on any atom is 0.326 e. The number of phenolic OH excluding ortho intramolecular Hbond substituents is 2. The topological polar surface area (TPSA) is 204 Å². The van der Waals surface area contributed by atoms with E-state index in [4.69, 9.17) is 5.73 Å². The second-order valence-electron chi connectivity index (χ2n) is 17.2. The number of unbranched alkanes of at least 4 members (excludes halogenated alkanes) is 2. The first kappa shape index (κ1) is 47.9. The van der Waals surface area contributed by atoms with Crippen molar-refractivity contribution in [3.8, 4) is 33.8 Å². The third kappa shape index (κ3) is 12.7. The molecule has 0 aromatic heterocycles. The normalized spacial score (nSPS) is 17.5. The summed E-state index contributed by atoms with van der Waals surface area (Å²) in [7, 11) is 1.46. The fourth-order valence-electron chi connectivity index (χ4n) is 8.36. The molecule has 5 atom stereocenters. The van der Waals surface area contributed by atoms with E-state index in [1.165, 1.54) is 60.8 Å². The Morgan fingerprint density at radius 1 is 0.810 bits per heavy atom. The fraction of sp³-hybridized carbons (Fsp3) is 0.412. The molecule has 0 radical (unpaired) electrons. The average Bonchev–Trinajstić information content (AvgIpc) is 3.25. The summed E-state index contributed by atoms with van der Waals surface area (Å²) in [5.41, 5.74) is 10.8. The first-order valence-electron chi connectivity index (χ1n) is 22.0. The van der Waals surface area contributed by atoms with E-state index < -0.39 is 47.5 Å². The Labute approximate surface area is 369 Å². The van der Waals surface area contributed by atoms with Gasteiger partial charge in [-0.05, 0) is 90.2 Å². The minimum Gasteiger partial charge on any atom is -0.507 e. The van der Waals surface area contributed by atoms with E-state index in [1.807, 2.05) is 31.2 Å². The van der Waals surface area contributed by atoms with Gasteiger partial charge >= 0.3 is 5.97 Å². The number of aryl methyl sites for hydroxylation is 1. The van der Waals surface area contributed by atoms with Crippen LogP contribution in [0.1, 0.15) is 112 Å². The van der Waals surface area contributed by atoms with Crippen LogP contribution < -0.4 is 11.1 Å². The number of carbonyl (C=O) groups excluding carboxylic acids is 5. The molecule has 6 N–H and O–H groups in total.